The number of benzene rings is 1. The van der Waals surface area contributed by atoms with Crippen LogP contribution in [-0.2, 0) is 0 Å². The Morgan fingerprint density at radius 3 is 2.85 bits per heavy atom. The van der Waals surface area contributed by atoms with E-state index >= 15 is 0 Å². The van der Waals surface area contributed by atoms with E-state index in [9.17, 15) is 4.79 Å². The van der Waals surface area contributed by atoms with E-state index < -0.39 is 5.91 Å². The van der Waals surface area contributed by atoms with E-state index in [0.29, 0.717) is 5.56 Å². The third-order valence-electron chi connectivity index (χ3n) is 1.62. The Hall–Kier alpha value is -1.12. The molecule has 0 saturated heterocycles. The summed E-state index contributed by atoms with van der Waals surface area (Å²) < 4.78 is 1.80. The van der Waals surface area contributed by atoms with Crippen LogP contribution in [0.4, 0.5) is 5.69 Å². The summed E-state index contributed by atoms with van der Waals surface area (Å²) in [5.41, 5.74) is 2.89. The molecule has 0 bridgehead atoms. The number of rotatable bonds is 2. The van der Waals surface area contributed by atoms with Crippen molar-refractivity contribution in [2.75, 3.05) is 11.7 Å². The van der Waals surface area contributed by atoms with Crippen LogP contribution < -0.4 is 10.2 Å². The molecule has 0 radical (unpaired) electrons. The first-order valence-electron chi connectivity index (χ1n) is 3.68. The van der Waals surface area contributed by atoms with E-state index in [4.69, 9.17) is 5.21 Å². The first-order chi connectivity index (χ1) is 6.15. The van der Waals surface area contributed by atoms with Gasteiger partial charge in [0.25, 0.3) is 5.91 Å². The van der Waals surface area contributed by atoms with E-state index in [1.165, 1.54) is 0 Å². The van der Waals surface area contributed by atoms with Crippen LogP contribution in [0.2, 0.25) is 0 Å². The minimum Gasteiger partial charge on any atom is -0.359 e. The molecule has 5 heteroatoms. The Morgan fingerprint density at radius 1 is 1.62 bits per heavy atom. The molecule has 0 aliphatic carbocycles. The second-order valence-corrected chi connectivity index (χ2v) is 3.38. The summed E-state index contributed by atoms with van der Waals surface area (Å²) in [6.45, 7) is 0. The van der Waals surface area contributed by atoms with Crippen LogP contribution in [0.3, 0.4) is 0 Å². The topological polar surface area (TPSA) is 52.6 Å². The Balaban J connectivity index is 2.98. The van der Waals surface area contributed by atoms with Crippen molar-refractivity contribution in [1.82, 2.24) is 5.48 Å². The van der Waals surface area contributed by atoms with Gasteiger partial charge in [0.15, 0.2) is 0 Å². The summed E-state index contributed by atoms with van der Waals surface area (Å²) >= 11 is 0. The van der Waals surface area contributed by atoms with Gasteiger partial charge in [-0.2, -0.15) is 0 Å². The van der Waals surface area contributed by atoms with Crippen molar-refractivity contribution in [1.29, 1.82) is 0 Å². The SMILES string of the molecule is CN(P)c1cccc(C(=O)NO)c1. The van der Waals surface area contributed by atoms with Crippen LogP contribution in [0.15, 0.2) is 24.3 Å². The van der Waals surface area contributed by atoms with Crippen LogP contribution in [0.5, 0.6) is 0 Å². The summed E-state index contributed by atoms with van der Waals surface area (Å²) in [4.78, 5) is 11.0. The number of hydrogen-bond donors (Lipinski definition) is 2. The molecule has 0 heterocycles. The highest BCUT2D eigenvalue weighted by molar-refractivity contribution is 7.19. The number of carbonyl (C=O) groups is 1. The standard InChI is InChI=1S/C8H11N2O2P/c1-10(13)7-4-2-3-6(5-7)8(11)9-12/h2-5,12H,13H2,1H3,(H,9,11). The predicted octanol–water partition coefficient (Wildman–Crippen LogP) is 1.03. The van der Waals surface area contributed by atoms with Crippen LogP contribution in [0, 0.1) is 0 Å². The summed E-state index contributed by atoms with van der Waals surface area (Å²) in [5, 5.41) is 8.40. The zero-order valence-electron chi connectivity index (χ0n) is 7.19. The molecule has 1 unspecified atom stereocenters. The van der Waals surface area contributed by atoms with Gasteiger partial charge in [-0.3, -0.25) is 10.0 Å². The molecule has 1 aromatic carbocycles. The number of hydrogen-bond acceptors (Lipinski definition) is 3. The molecule has 0 fully saturated rings. The fraction of sp³-hybridized carbons (Fsp3) is 0.125. The minimum atomic E-state index is -0.506. The second-order valence-electron chi connectivity index (χ2n) is 2.60. The van der Waals surface area contributed by atoms with E-state index in [1.54, 1.807) is 28.3 Å². The highest BCUT2D eigenvalue weighted by atomic mass is 31.0. The lowest BCUT2D eigenvalue weighted by molar-refractivity contribution is 0.0706. The molecule has 1 rings (SSSR count). The Morgan fingerprint density at radius 2 is 2.31 bits per heavy atom. The van der Waals surface area contributed by atoms with Gasteiger partial charge in [0.05, 0.1) is 0 Å². The van der Waals surface area contributed by atoms with Crippen molar-refractivity contribution in [2.24, 2.45) is 0 Å². The molecule has 2 N–H and O–H groups in total. The number of nitrogens with one attached hydrogen (secondary N) is 1. The average Bonchev–Trinajstić information content (AvgIpc) is 2.17. The zero-order valence-corrected chi connectivity index (χ0v) is 8.34. The predicted molar refractivity (Wildman–Crippen MR) is 53.8 cm³/mol. The fourth-order valence-corrected chi connectivity index (χ4v) is 1.09. The normalized spacial score (nSPS) is 9.46. The molecule has 1 aromatic rings. The maximum absolute atomic E-state index is 11.0. The molecule has 13 heavy (non-hydrogen) atoms. The first kappa shape index (κ1) is 9.96. The van der Waals surface area contributed by atoms with Gasteiger partial charge < -0.3 is 4.67 Å². The highest BCUT2D eigenvalue weighted by Gasteiger charge is 2.04. The van der Waals surface area contributed by atoms with Crippen LogP contribution >= 0.6 is 9.39 Å². The first-order valence-corrected chi connectivity index (χ1v) is 4.19. The largest absolute Gasteiger partial charge is 0.359 e. The fourth-order valence-electron chi connectivity index (χ4n) is 0.931. The molecule has 1 atom stereocenters. The quantitative estimate of drug-likeness (QED) is 0.424. The van der Waals surface area contributed by atoms with E-state index in [1.807, 2.05) is 13.1 Å². The Labute approximate surface area is 78.8 Å². The number of anilines is 1. The zero-order chi connectivity index (χ0) is 9.84. The number of carbonyl (C=O) groups excluding carboxylic acids is 1. The molecular formula is C8H11N2O2P. The molecule has 4 nitrogen and oxygen atoms in total. The number of nitrogens with zero attached hydrogens (tertiary/aromatic N) is 1. The monoisotopic (exact) mass is 198 g/mol. The van der Waals surface area contributed by atoms with Gasteiger partial charge in [-0.1, -0.05) is 6.07 Å². The maximum atomic E-state index is 11.0. The van der Waals surface area contributed by atoms with Gasteiger partial charge in [0.2, 0.25) is 0 Å². The van der Waals surface area contributed by atoms with Crippen molar-refractivity contribution in [3.05, 3.63) is 29.8 Å². The van der Waals surface area contributed by atoms with Gasteiger partial charge >= 0.3 is 0 Å². The molecule has 0 aliphatic heterocycles. The summed E-state index contributed by atoms with van der Waals surface area (Å²) in [5.74, 6) is -0.506. The average molecular weight is 198 g/mol. The molecule has 0 spiro atoms. The minimum absolute atomic E-state index is 0.425. The van der Waals surface area contributed by atoms with E-state index in [-0.39, 0.29) is 0 Å². The molecule has 0 aromatic heterocycles. The molecule has 70 valence electrons. The lowest BCUT2D eigenvalue weighted by atomic mass is 10.2. The van der Waals surface area contributed by atoms with E-state index in [2.05, 4.69) is 9.39 Å². The van der Waals surface area contributed by atoms with Crippen LogP contribution in [0.25, 0.3) is 0 Å². The van der Waals surface area contributed by atoms with Crippen molar-refractivity contribution in [3.8, 4) is 0 Å². The second kappa shape index (κ2) is 4.21. The lowest BCUT2D eigenvalue weighted by Gasteiger charge is -2.12. The van der Waals surface area contributed by atoms with Crippen LogP contribution in [-0.4, -0.2) is 18.2 Å². The third-order valence-corrected chi connectivity index (χ3v) is 1.92. The summed E-state index contributed by atoms with van der Waals surface area (Å²) in [6.07, 6.45) is 0. The van der Waals surface area contributed by atoms with E-state index in [0.717, 1.165) is 5.69 Å². The molecule has 0 saturated carbocycles. The van der Waals surface area contributed by atoms with Gasteiger partial charge in [-0.25, -0.2) is 5.48 Å². The highest BCUT2D eigenvalue weighted by Crippen LogP contribution is 2.17. The third kappa shape index (κ3) is 2.41. The Kier molecular flexibility index (Phi) is 3.23. The van der Waals surface area contributed by atoms with Crippen molar-refractivity contribution in [2.45, 2.75) is 0 Å². The number of hydroxylamine groups is 1. The summed E-state index contributed by atoms with van der Waals surface area (Å²) in [7, 11) is 4.33. The summed E-state index contributed by atoms with van der Waals surface area (Å²) in [6, 6.07) is 6.92. The van der Waals surface area contributed by atoms with Gasteiger partial charge in [-0.05, 0) is 27.6 Å². The Bertz CT molecular complexity index is 315. The van der Waals surface area contributed by atoms with Gasteiger partial charge in [0.1, 0.15) is 0 Å². The maximum Gasteiger partial charge on any atom is 0.274 e. The van der Waals surface area contributed by atoms with Crippen molar-refractivity contribution in [3.63, 3.8) is 0 Å². The molecular weight excluding hydrogens is 187 g/mol. The number of amides is 1. The smallest absolute Gasteiger partial charge is 0.274 e. The van der Waals surface area contributed by atoms with Gasteiger partial charge in [0, 0.05) is 18.3 Å². The molecule has 1 amide bonds. The van der Waals surface area contributed by atoms with Crippen molar-refractivity contribution < 1.29 is 10.0 Å². The molecule has 0 aliphatic rings. The van der Waals surface area contributed by atoms with Crippen molar-refractivity contribution >= 4 is 21.0 Å². The van der Waals surface area contributed by atoms with Crippen LogP contribution in [0.1, 0.15) is 10.4 Å². The lowest BCUT2D eigenvalue weighted by Crippen LogP contribution is -2.18. The van der Waals surface area contributed by atoms with Gasteiger partial charge in [-0.15, -0.1) is 0 Å².